The van der Waals surface area contributed by atoms with Gasteiger partial charge in [-0.05, 0) is 29.5 Å². The van der Waals surface area contributed by atoms with Gasteiger partial charge in [0, 0.05) is 23.8 Å². The number of ketones is 1. The van der Waals surface area contributed by atoms with Crippen molar-refractivity contribution in [2.75, 3.05) is 14.2 Å². The molecule has 0 bridgehead atoms. The monoisotopic (exact) mass is 316 g/mol. The van der Waals surface area contributed by atoms with E-state index in [9.17, 15) is 4.79 Å². The quantitative estimate of drug-likeness (QED) is 0.793. The highest BCUT2D eigenvalue weighted by atomic mass is 16.5. The molecule has 0 atom stereocenters. The van der Waals surface area contributed by atoms with Crippen LogP contribution in [0.5, 0.6) is 5.75 Å². The smallest absolute Gasteiger partial charge is 0.168 e. The highest BCUT2D eigenvalue weighted by Gasteiger charge is 2.36. The molecule has 0 saturated heterocycles. The van der Waals surface area contributed by atoms with Crippen molar-refractivity contribution in [1.29, 1.82) is 0 Å². The lowest BCUT2D eigenvalue weighted by Crippen LogP contribution is -2.31. The van der Waals surface area contributed by atoms with Crippen molar-refractivity contribution in [2.45, 2.75) is 52.9 Å². The van der Waals surface area contributed by atoms with Crippen molar-refractivity contribution in [3.63, 3.8) is 0 Å². The number of carbonyl (C=O) groups is 1. The molecule has 0 N–H and O–H groups in total. The number of benzene rings is 1. The predicted molar refractivity (Wildman–Crippen MR) is 92.8 cm³/mol. The number of hydrogen-bond donors (Lipinski definition) is 0. The Morgan fingerprint density at radius 3 is 2.43 bits per heavy atom. The Morgan fingerprint density at radius 1 is 1.17 bits per heavy atom. The fourth-order valence-corrected chi connectivity index (χ4v) is 3.18. The molecule has 0 saturated carbocycles. The Labute approximate surface area is 139 Å². The first-order valence-corrected chi connectivity index (χ1v) is 8.27. The van der Waals surface area contributed by atoms with Crippen LogP contribution in [0.25, 0.3) is 0 Å². The van der Waals surface area contributed by atoms with Gasteiger partial charge in [-0.3, -0.25) is 4.79 Å². The fraction of sp³-hybridized carbons (Fsp3) is 0.550. The molecular weight excluding hydrogens is 288 g/mol. The molecular formula is C20H28O3. The van der Waals surface area contributed by atoms with Gasteiger partial charge < -0.3 is 9.47 Å². The highest BCUT2D eigenvalue weighted by molar-refractivity contribution is 6.01. The van der Waals surface area contributed by atoms with Gasteiger partial charge in [0.15, 0.2) is 5.78 Å². The lowest BCUT2D eigenvalue weighted by atomic mass is 9.74. The molecule has 0 fully saturated rings. The molecule has 23 heavy (non-hydrogen) atoms. The van der Waals surface area contributed by atoms with E-state index in [1.165, 1.54) is 5.56 Å². The summed E-state index contributed by atoms with van der Waals surface area (Å²) in [5.74, 6) is 2.33. The van der Waals surface area contributed by atoms with E-state index in [1.54, 1.807) is 14.2 Å². The van der Waals surface area contributed by atoms with Gasteiger partial charge >= 0.3 is 0 Å². The van der Waals surface area contributed by atoms with Crippen LogP contribution in [-0.4, -0.2) is 20.0 Å². The van der Waals surface area contributed by atoms with E-state index in [0.717, 1.165) is 35.5 Å². The molecule has 0 spiro atoms. The summed E-state index contributed by atoms with van der Waals surface area (Å²) in [6.07, 6.45) is 2.26. The molecule has 0 aliphatic heterocycles. The summed E-state index contributed by atoms with van der Waals surface area (Å²) >= 11 is 0. The lowest BCUT2D eigenvalue weighted by Gasteiger charge is -2.31. The van der Waals surface area contributed by atoms with E-state index in [1.807, 2.05) is 19.9 Å². The van der Waals surface area contributed by atoms with Gasteiger partial charge in [0.1, 0.15) is 11.5 Å². The van der Waals surface area contributed by atoms with Gasteiger partial charge in [-0.1, -0.05) is 39.8 Å². The Balaban J connectivity index is 2.36. The minimum absolute atomic E-state index is 0.201. The van der Waals surface area contributed by atoms with Crippen LogP contribution >= 0.6 is 0 Å². The number of ether oxygens (including phenoxy) is 2. The molecule has 0 aromatic heterocycles. The third kappa shape index (κ3) is 3.60. The topological polar surface area (TPSA) is 35.5 Å². The normalized spacial score (nSPS) is 17.6. The van der Waals surface area contributed by atoms with Gasteiger partial charge in [0.25, 0.3) is 0 Å². The van der Waals surface area contributed by atoms with Gasteiger partial charge in [0.2, 0.25) is 0 Å². The number of methoxy groups -OCH3 is 2. The van der Waals surface area contributed by atoms with Gasteiger partial charge in [0.05, 0.1) is 14.2 Å². The van der Waals surface area contributed by atoms with Crippen LogP contribution in [0.15, 0.2) is 29.5 Å². The summed E-state index contributed by atoms with van der Waals surface area (Å²) in [4.78, 5) is 12.8. The zero-order chi connectivity index (χ0) is 17.2. The maximum absolute atomic E-state index is 12.8. The summed E-state index contributed by atoms with van der Waals surface area (Å²) in [7, 11) is 3.35. The van der Waals surface area contributed by atoms with Crippen molar-refractivity contribution >= 4 is 5.78 Å². The third-order valence-corrected chi connectivity index (χ3v) is 4.75. The molecule has 1 aliphatic carbocycles. The minimum atomic E-state index is -0.306. The first-order chi connectivity index (χ1) is 10.8. The zero-order valence-corrected chi connectivity index (χ0v) is 15.2. The molecule has 3 heteroatoms. The van der Waals surface area contributed by atoms with Gasteiger partial charge in [-0.2, -0.15) is 0 Å². The second kappa shape index (κ2) is 6.77. The van der Waals surface area contributed by atoms with Crippen LogP contribution in [0.4, 0.5) is 0 Å². The number of hydrogen-bond acceptors (Lipinski definition) is 3. The second-order valence-electron chi connectivity index (χ2n) is 7.23. The summed E-state index contributed by atoms with van der Waals surface area (Å²) in [5.41, 5.74) is 2.77. The first-order valence-electron chi connectivity index (χ1n) is 8.27. The highest BCUT2D eigenvalue weighted by Crippen LogP contribution is 2.38. The van der Waals surface area contributed by atoms with Crippen LogP contribution in [0.2, 0.25) is 0 Å². The van der Waals surface area contributed by atoms with Crippen molar-refractivity contribution in [3.05, 3.63) is 40.7 Å². The Kier molecular flexibility index (Phi) is 5.18. The van der Waals surface area contributed by atoms with Crippen molar-refractivity contribution < 1.29 is 14.3 Å². The summed E-state index contributed by atoms with van der Waals surface area (Å²) in [6.45, 7) is 8.33. The molecule has 0 unspecified atom stereocenters. The Morgan fingerprint density at radius 2 is 1.87 bits per heavy atom. The van der Waals surface area contributed by atoms with E-state index in [2.05, 4.69) is 26.0 Å². The summed E-state index contributed by atoms with van der Waals surface area (Å²) < 4.78 is 11.0. The van der Waals surface area contributed by atoms with Crippen LogP contribution in [-0.2, 0) is 16.0 Å². The fourth-order valence-electron chi connectivity index (χ4n) is 3.18. The molecule has 1 aliphatic rings. The molecule has 126 valence electrons. The molecule has 2 rings (SSSR count). The zero-order valence-electron chi connectivity index (χ0n) is 15.2. The Bertz CT molecular complexity index is 624. The van der Waals surface area contributed by atoms with E-state index >= 15 is 0 Å². The maximum atomic E-state index is 12.8. The first kappa shape index (κ1) is 17.6. The largest absolute Gasteiger partial charge is 0.501 e. The van der Waals surface area contributed by atoms with Crippen molar-refractivity contribution in [2.24, 2.45) is 5.41 Å². The van der Waals surface area contributed by atoms with Gasteiger partial charge in [-0.15, -0.1) is 0 Å². The Hall–Kier alpha value is -1.77. The van der Waals surface area contributed by atoms with E-state index in [4.69, 9.17) is 9.47 Å². The van der Waals surface area contributed by atoms with Crippen molar-refractivity contribution in [3.8, 4) is 5.75 Å². The average Bonchev–Trinajstić information content (AvgIpc) is 2.51. The molecule has 0 radical (unpaired) electrons. The van der Waals surface area contributed by atoms with E-state index < -0.39 is 0 Å². The number of allylic oxidation sites excluding steroid dienone is 2. The second-order valence-corrected chi connectivity index (χ2v) is 7.23. The van der Waals surface area contributed by atoms with Crippen LogP contribution in [0.1, 0.15) is 57.6 Å². The van der Waals surface area contributed by atoms with Crippen LogP contribution in [0.3, 0.4) is 0 Å². The van der Waals surface area contributed by atoms with E-state index in [-0.39, 0.29) is 11.2 Å². The molecule has 0 heterocycles. The molecule has 1 aromatic rings. The number of carbonyl (C=O) groups excluding carboxylic acids is 1. The standard InChI is InChI=1S/C20H28O3/c1-13(2)15-8-7-14(12-18(15)23-6)11-16-17(22-5)9-10-20(3,4)19(16)21/h7-8,12-13H,9-11H2,1-6H3. The molecule has 3 nitrogen and oxygen atoms in total. The maximum Gasteiger partial charge on any atom is 0.168 e. The minimum Gasteiger partial charge on any atom is -0.501 e. The SMILES string of the molecule is COC1=C(Cc2ccc(C(C)C)c(OC)c2)C(=O)C(C)(C)CC1. The third-order valence-electron chi connectivity index (χ3n) is 4.75. The van der Waals surface area contributed by atoms with Gasteiger partial charge in [-0.25, -0.2) is 0 Å². The van der Waals surface area contributed by atoms with E-state index in [0.29, 0.717) is 12.3 Å². The summed E-state index contributed by atoms with van der Waals surface area (Å²) in [6, 6.07) is 6.24. The van der Waals surface area contributed by atoms with Crippen molar-refractivity contribution in [1.82, 2.24) is 0 Å². The lowest BCUT2D eigenvalue weighted by molar-refractivity contribution is -0.124. The van der Waals surface area contributed by atoms with Crippen LogP contribution < -0.4 is 4.74 Å². The molecule has 1 aromatic carbocycles. The van der Waals surface area contributed by atoms with Crippen LogP contribution in [0, 0.1) is 5.41 Å². The number of Topliss-reactive ketones (excluding diaryl/α,β-unsaturated/α-hetero) is 1. The predicted octanol–water partition coefficient (Wildman–Crippen LogP) is 4.65. The average molecular weight is 316 g/mol. The molecule has 0 amide bonds. The number of rotatable bonds is 5. The summed E-state index contributed by atoms with van der Waals surface area (Å²) in [5, 5.41) is 0.